The van der Waals surface area contributed by atoms with Gasteiger partial charge in [0.2, 0.25) is 0 Å². The highest BCUT2D eigenvalue weighted by Crippen LogP contribution is 2.15. The van der Waals surface area contributed by atoms with Crippen LogP contribution in [0, 0.1) is 12.7 Å². The Morgan fingerprint density at radius 1 is 1.20 bits per heavy atom. The molecule has 3 rings (SSSR count). The van der Waals surface area contributed by atoms with E-state index in [1.165, 1.54) is 16.7 Å². The van der Waals surface area contributed by atoms with E-state index in [1.54, 1.807) is 25.1 Å². The van der Waals surface area contributed by atoms with Crippen molar-refractivity contribution in [3.05, 3.63) is 65.9 Å². The molecule has 0 bridgehead atoms. The molecular weight excluding hydrogens is 257 g/mol. The van der Waals surface area contributed by atoms with Crippen molar-refractivity contribution in [2.45, 2.75) is 6.92 Å². The van der Waals surface area contributed by atoms with Crippen LogP contribution in [0.15, 0.2) is 48.7 Å². The number of imidazole rings is 1. The highest BCUT2D eigenvalue weighted by atomic mass is 19.1. The first kappa shape index (κ1) is 12.3. The van der Waals surface area contributed by atoms with Crippen LogP contribution in [0.5, 0.6) is 0 Å². The summed E-state index contributed by atoms with van der Waals surface area (Å²) in [5.74, 6) is -0.726. The first-order valence-electron chi connectivity index (χ1n) is 6.16. The molecule has 0 unspecified atom stereocenters. The highest BCUT2D eigenvalue weighted by molar-refractivity contribution is 6.04. The molecule has 0 aliphatic carbocycles. The van der Waals surface area contributed by atoms with Gasteiger partial charge in [0.05, 0.1) is 5.69 Å². The van der Waals surface area contributed by atoms with E-state index >= 15 is 0 Å². The summed E-state index contributed by atoms with van der Waals surface area (Å²) in [5.41, 5.74) is 2.12. The molecule has 20 heavy (non-hydrogen) atoms. The lowest BCUT2D eigenvalue weighted by atomic mass is 10.3. The number of anilines is 1. The summed E-state index contributed by atoms with van der Waals surface area (Å²) in [4.78, 5) is 16.6. The Kier molecular flexibility index (Phi) is 2.95. The second kappa shape index (κ2) is 4.77. The topological polar surface area (TPSA) is 46.4 Å². The van der Waals surface area contributed by atoms with E-state index in [1.807, 2.05) is 18.2 Å². The number of benzene rings is 1. The minimum absolute atomic E-state index is 0.313. The maximum atomic E-state index is 13.3. The number of aryl methyl sites for hydroxylation is 1. The number of rotatable bonds is 2. The zero-order chi connectivity index (χ0) is 14.1. The zero-order valence-corrected chi connectivity index (χ0v) is 10.8. The van der Waals surface area contributed by atoms with Gasteiger partial charge in [-0.1, -0.05) is 18.2 Å². The summed E-state index contributed by atoms with van der Waals surface area (Å²) in [5, 5.41) is 2.77. The van der Waals surface area contributed by atoms with Gasteiger partial charge in [-0.05, 0) is 31.2 Å². The fourth-order valence-electron chi connectivity index (χ4n) is 2.12. The average Bonchev–Trinajstić information content (AvgIpc) is 2.75. The fraction of sp³-hybridized carbons (Fsp3) is 0.0667. The van der Waals surface area contributed by atoms with Crippen molar-refractivity contribution in [2.24, 2.45) is 0 Å². The van der Waals surface area contributed by atoms with Gasteiger partial charge >= 0.3 is 0 Å². The molecule has 2 aromatic heterocycles. The van der Waals surface area contributed by atoms with E-state index in [0.717, 1.165) is 0 Å². The summed E-state index contributed by atoms with van der Waals surface area (Å²) in [6, 6.07) is 12.0. The maximum absolute atomic E-state index is 13.3. The predicted octanol–water partition coefficient (Wildman–Crippen LogP) is 3.03. The monoisotopic (exact) mass is 269 g/mol. The summed E-state index contributed by atoms with van der Waals surface area (Å²) >= 11 is 0. The third kappa shape index (κ3) is 2.14. The Hall–Kier alpha value is -2.69. The van der Waals surface area contributed by atoms with E-state index in [-0.39, 0.29) is 5.91 Å². The SMILES string of the molecule is Cc1nc2ccc(F)cn2c1C(=O)Nc1ccccc1. The molecule has 0 radical (unpaired) electrons. The fourth-order valence-corrected chi connectivity index (χ4v) is 2.12. The van der Waals surface area contributed by atoms with Crippen LogP contribution in [0.1, 0.15) is 16.2 Å². The first-order valence-corrected chi connectivity index (χ1v) is 6.16. The van der Waals surface area contributed by atoms with Crippen molar-refractivity contribution >= 4 is 17.2 Å². The number of hydrogen-bond acceptors (Lipinski definition) is 2. The maximum Gasteiger partial charge on any atom is 0.274 e. The predicted molar refractivity (Wildman–Crippen MR) is 74.3 cm³/mol. The molecule has 4 nitrogen and oxygen atoms in total. The molecule has 1 N–H and O–H groups in total. The van der Waals surface area contributed by atoms with Crippen molar-refractivity contribution in [1.29, 1.82) is 0 Å². The van der Waals surface area contributed by atoms with Crippen molar-refractivity contribution < 1.29 is 9.18 Å². The first-order chi connectivity index (χ1) is 9.65. The van der Waals surface area contributed by atoms with E-state index in [2.05, 4.69) is 10.3 Å². The van der Waals surface area contributed by atoms with Gasteiger partial charge in [-0.2, -0.15) is 0 Å². The number of carbonyl (C=O) groups excluding carboxylic acids is 1. The Labute approximate surface area is 114 Å². The van der Waals surface area contributed by atoms with Crippen LogP contribution in [-0.2, 0) is 0 Å². The van der Waals surface area contributed by atoms with E-state index in [9.17, 15) is 9.18 Å². The molecule has 1 aromatic carbocycles. The molecule has 100 valence electrons. The van der Waals surface area contributed by atoms with Crippen molar-refractivity contribution in [3.8, 4) is 0 Å². The third-order valence-corrected chi connectivity index (χ3v) is 3.00. The molecule has 0 aliphatic rings. The number of carbonyl (C=O) groups is 1. The molecule has 3 aromatic rings. The lowest BCUT2D eigenvalue weighted by molar-refractivity contribution is 0.102. The van der Waals surface area contributed by atoms with Gasteiger partial charge in [-0.25, -0.2) is 9.37 Å². The molecular formula is C15H12FN3O. The van der Waals surface area contributed by atoms with Crippen LogP contribution in [-0.4, -0.2) is 15.3 Å². The number of aromatic nitrogens is 2. The zero-order valence-electron chi connectivity index (χ0n) is 10.8. The smallest absolute Gasteiger partial charge is 0.274 e. The number of nitrogens with zero attached hydrogens (tertiary/aromatic N) is 2. The Bertz CT molecular complexity index is 780. The van der Waals surface area contributed by atoms with Crippen LogP contribution in [0.25, 0.3) is 5.65 Å². The Balaban J connectivity index is 2.03. The second-order valence-corrected chi connectivity index (χ2v) is 4.44. The lowest BCUT2D eigenvalue weighted by Gasteiger charge is -2.05. The van der Waals surface area contributed by atoms with E-state index in [0.29, 0.717) is 22.7 Å². The number of para-hydroxylation sites is 1. The Morgan fingerprint density at radius 2 is 1.95 bits per heavy atom. The number of nitrogens with one attached hydrogen (secondary N) is 1. The molecule has 0 spiro atoms. The van der Waals surface area contributed by atoms with Gasteiger partial charge < -0.3 is 5.32 Å². The lowest BCUT2D eigenvalue weighted by Crippen LogP contribution is -2.15. The standard InChI is InChI=1S/C15H12FN3O/c1-10-14(15(20)18-12-5-3-2-4-6-12)19-9-11(16)7-8-13(19)17-10/h2-9H,1H3,(H,18,20). The van der Waals surface area contributed by atoms with Crippen LogP contribution >= 0.6 is 0 Å². The normalized spacial score (nSPS) is 10.7. The minimum atomic E-state index is -0.413. The van der Waals surface area contributed by atoms with Crippen molar-refractivity contribution in [2.75, 3.05) is 5.32 Å². The second-order valence-electron chi connectivity index (χ2n) is 4.44. The van der Waals surface area contributed by atoms with Gasteiger partial charge in [0, 0.05) is 11.9 Å². The number of fused-ring (bicyclic) bond motifs is 1. The minimum Gasteiger partial charge on any atom is -0.321 e. The molecule has 5 heteroatoms. The van der Waals surface area contributed by atoms with Gasteiger partial charge in [-0.3, -0.25) is 9.20 Å². The van der Waals surface area contributed by atoms with Gasteiger partial charge in [0.25, 0.3) is 5.91 Å². The molecule has 0 aliphatic heterocycles. The number of pyridine rings is 1. The number of amides is 1. The van der Waals surface area contributed by atoms with Gasteiger partial charge in [-0.15, -0.1) is 0 Å². The molecule has 2 heterocycles. The number of halogens is 1. The average molecular weight is 269 g/mol. The van der Waals surface area contributed by atoms with Crippen LogP contribution in [0.3, 0.4) is 0 Å². The van der Waals surface area contributed by atoms with Crippen LogP contribution in [0.2, 0.25) is 0 Å². The number of hydrogen-bond donors (Lipinski definition) is 1. The van der Waals surface area contributed by atoms with Gasteiger partial charge in [0.1, 0.15) is 17.2 Å². The summed E-state index contributed by atoms with van der Waals surface area (Å²) in [6.07, 6.45) is 1.26. The quantitative estimate of drug-likeness (QED) is 0.777. The van der Waals surface area contributed by atoms with E-state index in [4.69, 9.17) is 0 Å². The summed E-state index contributed by atoms with van der Waals surface area (Å²) in [7, 11) is 0. The molecule has 1 amide bonds. The van der Waals surface area contributed by atoms with Crippen LogP contribution in [0.4, 0.5) is 10.1 Å². The van der Waals surface area contributed by atoms with E-state index < -0.39 is 5.82 Å². The summed E-state index contributed by atoms with van der Waals surface area (Å²) < 4.78 is 14.8. The molecule has 0 saturated heterocycles. The Morgan fingerprint density at radius 3 is 2.70 bits per heavy atom. The van der Waals surface area contributed by atoms with Gasteiger partial charge in [0.15, 0.2) is 0 Å². The molecule has 0 atom stereocenters. The summed E-state index contributed by atoms with van der Waals surface area (Å²) in [6.45, 7) is 1.73. The van der Waals surface area contributed by atoms with Crippen molar-refractivity contribution in [1.82, 2.24) is 9.38 Å². The largest absolute Gasteiger partial charge is 0.321 e. The molecule has 0 fully saturated rings. The van der Waals surface area contributed by atoms with Crippen LogP contribution < -0.4 is 5.32 Å². The highest BCUT2D eigenvalue weighted by Gasteiger charge is 2.17. The van der Waals surface area contributed by atoms with Crippen molar-refractivity contribution in [3.63, 3.8) is 0 Å². The molecule has 0 saturated carbocycles. The third-order valence-electron chi connectivity index (χ3n) is 3.00.